The van der Waals surface area contributed by atoms with Crippen LogP contribution in [-0.2, 0) is 4.79 Å². The van der Waals surface area contributed by atoms with Gasteiger partial charge in [0.1, 0.15) is 5.82 Å². The molecule has 0 aliphatic heterocycles. The van der Waals surface area contributed by atoms with Gasteiger partial charge in [-0.3, -0.25) is 9.59 Å². The molecule has 2 rings (SSSR count). The molecule has 1 aromatic carbocycles. The van der Waals surface area contributed by atoms with E-state index in [4.69, 9.17) is 5.11 Å². The van der Waals surface area contributed by atoms with Crippen LogP contribution in [0.4, 0.5) is 4.39 Å². The number of hydrogen-bond acceptors (Lipinski definition) is 2. The molecule has 1 aliphatic rings. The Kier molecular flexibility index (Phi) is 4.71. The minimum atomic E-state index is -0.774. The molecule has 0 bridgehead atoms. The first-order valence-corrected chi connectivity index (χ1v) is 6.83. The van der Waals surface area contributed by atoms with Crippen molar-refractivity contribution in [3.63, 3.8) is 0 Å². The summed E-state index contributed by atoms with van der Waals surface area (Å²) in [5.74, 6) is -1.51. The Labute approximate surface area is 117 Å². The fourth-order valence-electron chi connectivity index (χ4n) is 2.67. The number of carboxylic acids is 1. The van der Waals surface area contributed by atoms with E-state index >= 15 is 0 Å². The van der Waals surface area contributed by atoms with Gasteiger partial charge in [0.2, 0.25) is 0 Å². The molecular weight excluding hydrogens is 261 g/mol. The van der Waals surface area contributed by atoms with Crippen LogP contribution in [0.1, 0.15) is 42.5 Å². The van der Waals surface area contributed by atoms with E-state index in [-0.39, 0.29) is 23.9 Å². The first kappa shape index (κ1) is 14.5. The number of carbonyl (C=O) groups excluding carboxylic acids is 1. The zero-order valence-electron chi connectivity index (χ0n) is 11.1. The minimum Gasteiger partial charge on any atom is -0.481 e. The maximum Gasteiger partial charge on any atom is 0.303 e. The summed E-state index contributed by atoms with van der Waals surface area (Å²) in [4.78, 5) is 22.6. The smallest absolute Gasteiger partial charge is 0.303 e. The Morgan fingerprint density at radius 3 is 2.45 bits per heavy atom. The third-order valence-corrected chi connectivity index (χ3v) is 3.76. The Bertz CT molecular complexity index is 496. The first-order chi connectivity index (χ1) is 9.56. The standard InChI is InChI=1S/C15H18FNO3/c16-13-4-2-1-3-12(13)15(20)17-11-7-5-10(6-8-11)9-14(18)19/h1-4,10-11H,5-9H2,(H,17,20)(H,18,19). The highest BCUT2D eigenvalue weighted by molar-refractivity contribution is 5.94. The number of halogens is 1. The average Bonchev–Trinajstić information content (AvgIpc) is 2.41. The number of rotatable bonds is 4. The van der Waals surface area contributed by atoms with Crippen LogP contribution in [0.3, 0.4) is 0 Å². The van der Waals surface area contributed by atoms with Gasteiger partial charge in [-0.1, -0.05) is 12.1 Å². The Hall–Kier alpha value is -1.91. The van der Waals surface area contributed by atoms with E-state index in [0.29, 0.717) is 0 Å². The third kappa shape index (κ3) is 3.79. The van der Waals surface area contributed by atoms with Gasteiger partial charge in [-0.05, 0) is 43.7 Å². The zero-order chi connectivity index (χ0) is 14.5. The maximum absolute atomic E-state index is 13.5. The molecular formula is C15H18FNO3. The SMILES string of the molecule is O=C(O)CC1CCC(NC(=O)c2ccccc2F)CC1. The van der Waals surface area contributed by atoms with Crippen molar-refractivity contribution >= 4 is 11.9 Å². The van der Waals surface area contributed by atoms with E-state index in [1.54, 1.807) is 12.1 Å². The number of aliphatic carboxylic acids is 1. The van der Waals surface area contributed by atoms with Crippen LogP contribution < -0.4 is 5.32 Å². The van der Waals surface area contributed by atoms with E-state index < -0.39 is 17.7 Å². The van der Waals surface area contributed by atoms with Crippen LogP contribution in [-0.4, -0.2) is 23.0 Å². The molecule has 5 heteroatoms. The van der Waals surface area contributed by atoms with E-state index in [1.807, 2.05) is 0 Å². The number of nitrogens with one attached hydrogen (secondary N) is 1. The van der Waals surface area contributed by atoms with E-state index in [2.05, 4.69) is 5.32 Å². The summed E-state index contributed by atoms with van der Waals surface area (Å²) in [6, 6.07) is 5.90. The summed E-state index contributed by atoms with van der Waals surface area (Å²) in [7, 11) is 0. The third-order valence-electron chi connectivity index (χ3n) is 3.76. The lowest BCUT2D eigenvalue weighted by Gasteiger charge is -2.28. The quantitative estimate of drug-likeness (QED) is 0.890. The van der Waals surface area contributed by atoms with Crippen LogP contribution in [0.2, 0.25) is 0 Å². The lowest BCUT2D eigenvalue weighted by Crippen LogP contribution is -2.38. The molecule has 4 nitrogen and oxygen atoms in total. The summed E-state index contributed by atoms with van der Waals surface area (Å²) in [5.41, 5.74) is 0.0557. The van der Waals surface area contributed by atoms with E-state index in [0.717, 1.165) is 25.7 Å². The summed E-state index contributed by atoms with van der Waals surface area (Å²) in [5, 5.41) is 11.6. The topological polar surface area (TPSA) is 66.4 Å². The van der Waals surface area contributed by atoms with Gasteiger partial charge in [0.05, 0.1) is 5.56 Å². The molecule has 1 aliphatic carbocycles. The maximum atomic E-state index is 13.5. The van der Waals surface area contributed by atoms with Gasteiger partial charge >= 0.3 is 5.97 Å². The van der Waals surface area contributed by atoms with Gasteiger partial charge in [0, 0.05) is 12.5 Å². The fraction of sp³-hybridized carbons (Fsp3) is 0.467. The van der Waals surface area contributed by atoms with E-state index in [1.165, 1.54) is 12.1 Å². The van der Waals surface area contributed by atoms with Gasteiger partial charge in [-0.25, -0.2) is 4.39 Å². The number of benzene rings is 1. The van der Waals surface area contributed by atoms with Crippen molar-refractivity contribution in [2.75, 3.05) is 0 Å². The Morgan fingerprint density at radius 2 is 1.85 bits per heavy atom. The van der Waals surface area contributed by atoms with Gasteiger partial charge in [-0.2, -0.15) is 0 Å². The fourth-order valence-corrected chi connectivity index (χ4v) is 2.67. The molecule has 0 spiro atoms. The molecule has 0 saturated heterocycles. The zero-order valence-corrected chi connectivity index (χ0v) is 11.1. The lowest BCUT2D eigenvalue weighted by molar-refractivity contribution is -0.138. The molecule has 1 saturated carbocycles. The van der Waals surface area contributed by atoms with Crippen LogP contribution in [0.5, 0.6) is 0 Å². The highest BCUT2D eigenvalue weighted by atomic mass is 19.1. The lowest BCUT2D eigenvalue weighted by atomic mass is 9.84. The van der Waals surface area contributed by atoms with Crippen LogP contribution in [0, 0.1) is 11.7 Å². The average molecular weight is 279 g/mol. The molecule has 0 atom stereocenters. The molecule has 108 valence electrons. The number of amides is 1. The van der Waals surface area contributed by atoms with Crippen LogP contribution in [0.25, 0.3) is 0 Å². The van der Waals surface area contributed by atoms with E-state index in [9.17, 15) is 14.0 Å². The number of carbonyl (C=O) groups is 2. The Balaban J connectivity index is 1.85. The van der Waals surface area contributed by atoms with Gasteiger partial charge < -0.3 is 10.4 Å². The van der Waals surface area contributed by atoms with Crippen molar-refractivity contribution in [2.45, 2.75) is 38.1 Å². The number of carboxylic acid groups (broad SMARTS) is 1. The molecule has 0 unspecified atom stereocenters. The largest absolute Gasteiger partial charge is 0.481 e. The molecule has 1 fully saturated rings. The molecule has 0 aromatic heterocycles. The van der Waals surface area contributed by atoms with Crippen molar-refractivity contribution in [2.24, 2.45) is 5.92 Å². The summed E-state index contributed by atoms with van der Waals surface area (Å²) >= 11 is 0. The van der Waals surface area contributed by atoms with Gasteiger partial charge in [0.15, 0.2) is 0 Å². The van der Waals surface area contributed by atoms with Crippen molar-refractivity contribution in [1.82, 2.24) is 5.32 Å². The van der Waals surface area contributed by atoms with Crippen LogP contribution in [0.15, 0.2) is 24.3 Å². The monoisotopic (exact) mass is 279 g/mol. The van der Waals surface area contributed by atoms with Gasteiger partial charge in [-0.15, -0.1) is 0 Å². The summed E-state index contributed by atoms with van der Waals surface area (Å²) in [6.07, 6.45) is 3.26. The predicted octanol–water partition coefficient (Wildman–Crippen LogP) is 2.59. The van der Waals surface area contributed by atoms with Gasteiger partial charge in [0.25, 0.3) is 5.91 Å². The highest BCUT2D eigenvalue weighted by Crippen LogP contribution is 2.27. The second-order valence-electron chi connectivity index (χ2n) is 5.27. The first-order valence-electron chi connectivity index (χ1n) is 6.83. The summed E-state index contributed by atoms with van der Waals surface area (Å²) in [6.45, 7) is 0. The van der Waals surface area contributed by atoms with Crippen molar-refractivity contribution in [1.29, 1.82) is 0 Å². The second kappa shape index (κ2) is 6.50. The van der Waals surface area contributed by atoms with Crippen LogP contribution >= 0.6 is 0 Å². The molecule has 0 heterocycles. The molecule has 1 amide bonds. The minimum absolute atomic E-state index is 0.00662. The summed E-state index contributed by atoms with van der Waals surface area (Å²) < 4.78 is 13.5. The van der Waals surface area contributed by atoms with Crippen molar-refractivity contribution in [3.05, 3.63) is 35.6 Å². The molecule has 0 radical (unpaired) electrons. The molecule has 20 heavy (non-hydrogen) atoms. The normalized spacial score (nSPS) is 22.2. The predicted molar refractivity (Wildman–Crippen MR) is 71.9 cm³/mol. The highest BCUT2D eigenvalue weighted by Gasteiger charge is 2.24. The molecule has 1 aromatic rings. The molecule has 2 N–H and O–H groups in total. The van der Waals surface area contributed by atoms with Crippen molar-refractivity contribution < 1.29 is 19.1 Å². The number of hydrogen-bond donors (Lipinski definition) is 2. The second-order valence-corrected chi connectivity index (χ2v) is 5.27. The Morgan fingerprint density at radius 1 is 1.20 bits per heavy atom. The van der Waals surface area contributed by atoms with Crippen molar-refractivity contribution in [3.8, 4) is 0 Å².